The van der Waals surface area contributed by atoms with Gasteiger partial charge < -0.3 is 24.1 Å². The van der Waals surface area contributed by atoms with Crippen molar-refractivity contribution in [2.24, 2.45) is 0 Å². The first kappa shape index (κ1) is 20.0. The molecule has 0 aliphatic heterocycles. The second-order valence-corrected chi connectivity index (χ2v) is 6.20. The van der Waals surface area contributed by atoms with E-state index in [2.05, 4.69) is 21.4 Å². The fraction of sp³-hybridized carbons (Fsp3) is 0.286. The number of hydrogen-bond donors (Lipinski definition) is 1. The molecule has 0 bridgehead atoms. The van der Waals surface area contributed by atoms with Crippen LogP contribution in [0.2, 0.25) is 0 Å². The lowest BCUT2D eigenvalue weighted by Crippen LogP contribution is -2.07. The van der Waals surface area contributed by atoms with Crippen LogP contribution in [0.25, 0.3) is 11.3 Å². The Morgan fingerprint density at radius 2 is 1.86 bits per heavy atom. The highest BCUT2D eigenvalue weighted by Crippen LogP contribution is 2.41. The van der Waals surface area contributed by atoms with Crippen molar-refractivity contribution in [3.8, 4) is 34.6 Å². The predicted octanol–water partition coefficient (Wildman–Crippen LogP) is 3.34. The summed E-state index contributed by atoms with van der Waals surface area (Å²) in [6, 6.07) is 9.32. The molecule has 0 atom stereocenters. The zero-order valence-corrected chi connectivity index (χ0v) is 16.7. The highest BCUT2D eigenvalue weighted by molar-refractivity contribution is 5.73. The Kier molecular flexibility index (Phi) is 6.53. The van der Waals surface area contributed by atoms with Crippen molar-refractivity contribution in [1.82, 2.24) is 14.5 Å². The molecule has 0 saturated heterocycles. The van der Waals surface area contributed by atoms with Crippen LogP contribution >= 0.6 is 0 Å². The molecule has 2 aromatic heterocycles. The van der Waals surface area contributed by atoms with Gasteiger partial charge in [-0.15, -0.1) is 0 Å². The summed E-state index contributed by atoms with van der Waals surface area (Å²) in [7, 11) is 4.66. The summed E-state index contributed by atoms with van der Waals surface area (Å²) >= 11 is 0. The molecule has 29 heavy (non-hydrogen) atoms. The maximum absolute atomic E-state index is 9.54. The molecular weight excluding hydrogens is 370 g/mol. The third-order valence-electron chi connectivity index (χ3n) is 4.41. The summed E-state index contributed by atoms with van der Waals surface area (Å²) in [6.07, 6.45) is 6.40. The average molecular weight is 393 g/mol. The number of rotatable bonds is 9. The molecule has 0 saturated carbocycles. The van der Waals surface area contributed by atoms with E-state index < -0.39 is 0 Å². The Balaban J connectivity index is 1.84. The van der Waals surface area contributed by atoms with Crippen molar-refractivity contribution in [2.45, 2.75) is 13.0 Å². The predicted molar refractivity (Wildman–Crippen MR) is 109 cm³/mol. The first-order valence-corrected chi connectivity index (χ1v) is 9.11. The molecule has 0 unspecified atom stereocenters. The van der Waals surface area contributed by atoms with E-state index in [-0.39, 0.29) is 0 Å². The minimum atomic E-state index is 0.461. The number of nitriles is 1. The van der Waals surface area contributed by atoms with E-state index in [4.69, 9.17) is 14.2 Å². The molecule has 0 amide bonds. The van der Waals surface area contributed by atoms with Crippen LogP contribution in [0.15, 0.2) is 43.0 Å². The molecule has 0 aliphatic rings. The molecule has 8 nitrogen and oxygen atoms in total. The minimum Gasteiger partial charge on any atom is -0.493 e. The van der Waals surface area contributed by atoms with E-state index in [0.717, 1.165) is 19.5 Å². The zero-order chi connectivity index (χ0) is 20.6. The molecular formula is C21H23N5O3. The summed E-state index contributed by atoms with van der Waals surface area (Å²) in [5.74, 6) is 2.20. The molecule has 3 rings (SSSR count). The van der Waals surface area contributed by atoms with Gasteiger partial charge in [0.05, 0.1) is 38.9 Å². The molecule has 0 fully saturated rings. The van der Waals surface area contributed by atoms with Gasteiger partial charge in [0.2, 0.25) is 5.75 Å². The molecule has 150 valence electrons. The van der Waals surface area contributed by atoms with Gasteiger partial charge in [0.15, 0.2) is 11.5 Å². The number of methoxy groups -OCH3 is 3. The van der Waals surface area contributed by atoms with Crippen LogP contribution in [0, 0.1) is 11.3 Å². The van der Waals surface area contributed by atoms with Crippen molar-refractivity contribution >= 4 is 5.82 Å². The minimum absolute atomic E-state index is 0.461. The Hall–Kier alpha value is -3.73. The van der Waals surface area contributed by atoms with Crippen LogP contribution in [0.1, 0.15) is 12.0 Å². The molecule has 1 aromatic carbocycles. The fourth-order valence-electron chi connectivity index (χ4n) is 2.98. The average Bonchev–Trinajstić information content (AvgIpc) is 3.29. The Morgan fingerprint density at radius 3 is 2.45 bits per heavy atom. The number of nitrogens with one attached hydrogen (secondary N) is 1. The molecule has 3 aromatic rings. The third-order valence-corrected chi connectivity index (χ3v) is 4.41. The van der Waals surface area contributed by atoms with Crippen LogP contribution in [0.4, 0.5) is 5.82 Å². The Labute approximate surface area is 169 Å². The first-order valence-electron chi connectivity index (χ1n) is 9.11. The Bertz CT molecular complexity index is 971. The van der Waals surface area contributed by atoms with Crippen LogP contribution in [-0.4, -0.2) is 42.4 Å². The topological polar surface area (TPSA) is 94.2 Å². The lowest BCUT2D eigenvalue weighted by Gasteiger charge is -2.15. The number of nitrogens with zero attached hydrogens (tertiary/aromatic N) is 4. The molecule has 0 radical (unpaired) electrons. The maximum Gasteiger partial charge on any atom is 0.203 e. The maximum atomic E-state index is 9.54. The monoisotopic (exact) mass is 393 g/mol. The number of aryl methyl sites for hydroxylation is 1. The van der Waals surface area contributed by atoms with Gasteiger partial charge >= 0.3 is 0 Å². The quantitative estimate of drug-likeness (QED) is 0.557. The number of pyridine rings is 1. The van der Waals surface area contributed by atoms with Gasteiger partial charge in [-0.05, 0) is 30.7 Å². The molecule has 8 heteroatoms. The SMILES string of the molecule is COc1cc(-c2nc(NCCCn3ccnc3)ccc2C#N)cc(OC)c1OC. The fourth-order valence-corrected chi connectivity index (χ4v) is 2.98. The lowest BCUT2D eigenvalue weighted by atomic mass is 10.0. The highest BCUT2D eigenvalue weighted by atomic mass is 16.5. The van der Waals surface area contributed by atoms with E-state index in [1.54, 1.807) is 58.1 Å². The number of imidazole rings is 1. The van der Waals surface area contributed by atoms with E-state index in [0.29, 0.717) is 39.9 Å². The number of benzene rings is 1. The summed E-state index contributed by atoms with van der Waals surface area (Å²) < 4.78 is 18.2. The van der Waals surface area contributed by atoms with Crippen LogP contribution in [0.3, 0.4) is 0 Å². The van der Waals surface area contributed by atoms with Crippen molar-refractivity contribution < 1.29 is 14.2 Å². The van der Waals surface area contributed by atoms with Crippen molar-refractivity contribution in [1.29, 1.82) is 5.26 Å². The van der Waals surface area contributed by atoms with Crippen LogP contribution in [-0.2, 0) is 6.54 Å². The van der Waals surface area contributed by atoms with Gasteiger partial charge in [0.1, 0.15) is 11.9 Å². The second-order valence-electron chi connectivity index (χ2n) is 6.20. The number of aromatic nitrogens is 3. The van der Waals surface area contributed by atoms with Crippen molar-refractivity contribution in [3.63, 3.8) is 0 Å². The van der Waals surface area contributed by atoms with Crippen LogP contribution in [0.5, 0.6) is 17.2 Å². The van der Waals surface area contributed by atoms with Gasteiger partial charge in [0, 0.05) is 31.0 Å². The third kappa shape index (κ3) is 4.58. The normalized spacial score (nSPS) is 10.3. The smallest absolute Gasteiger partial charge is 0.203 e. The molecule has 0 aliphatic carbocycles. The summed E-state index contributed by atoms with van der Waals surface area (Å²) in [6.45, 7) is 1.61. The van der Waals surface area contributed by atoms with Gasteiger partial charge in [-0.2, -0.15) is 5.26 Å². The number of ether oxygens (including phenoxy) is 3. The van der Waals surface area contributed by atoms with E-state index in [1.807, 2.05) is 10.8 Å². The summed E-state index contributed by atoms with van der Waals surface area (Å²) in [5.41, 5.74) is 1.72. The molecule has 1 N–H and O–H groups in total. The molecule has 0 spiro atoms. The largest absolute Gasteiger partial charge is 0.493 e. The van der Waals surface area contributed by atoms with Crippen molar-refractivity contribution in [2.75, 3.05) is 33.2 Å². The number of hydrogen-bond acceptors (Lipinski definition) is 7. The standard InChI is InChI=1S/C21H23N5O3/c1-27-17-11-16(12-18(28-2)21(17)29-3)20-15(13-22)5-6-19(25-20)24-7-4-9-26-10-8-23-14-26/h5-6,8,10-12,14H,4,7,9H2,1-3H3,(H,24,25). The van der Waals surface area contributed by atoms with Gasteiger partial charge in [-0.3, -0.25) is 0 Å². The van der Waals surface area contributed by atoms with Gasteiger partial charge in [0.25, 0.3) is 0 Å². The van der Waals surface area contributed by atoms with Gasteiger partial charge in [-0.25, -0.2) is 9.97 Å². The van der Waals surface area contributed by atoms with Crippen LogP contribution < -0.4 is 19.5 Å². The summed E-state index contributed by atoms with van der Waals surface area (Å²) in [5, 5.41) is 12.8. The summed E-state index contributed by atoms with van der Waals surface area (Å²) in [4.78, 5) is 8.68. The first-order chi connectivity index (χ1) is 14.2. The highest BCUT2D eigenvalue weighted by Gasteiger charge is 2.17. The lowest BCUT2D eigenvalue weighted by molar-refractivity contribution is 0.324. The Morgan fingerprint density at radius 1 is 1.10 bits per heavy atom. The zero-order valence-electron chi connectivity index (χ0n) is 16.7. The van der Waals surface area contributed by atoms with Gasteiger partial charge in [-0.1, -0.05) is 0 Å². The number of anilines is 1. The van der Waals surface area contributed by atoms with E-state index in [9.17, 15) is 5.26 Å². The second kappa shape index (κ2) is 9.46. The van der Waals surface area contributed by atoms with E-state index >= 15 is 0 Å². The molecule has 2 heterocycles. The van der Waals surface area contributed by atoms with Crippen molar-refractivity contribution in [3.05, 3.63) is 48.5 Å². The van der Waals surface area contributed by atoms with E-state index in [1.165, 1.54) is 0 Å².